The second-order valence-corrected chi connectivity index (χ2v) is 11.6. The number of aryl methyl sites for hydroxylation is 3. The molecule has 4 aromatic heterocycles. The highest BCUT2D eigenvalue weighted by atomic mass is 16.5. The molecular formula is C32H42N12O2. The molecule has 1 aliphatic rings. The van der Waals surface area contributed by atoms with Gasteiger partial charge in [0.15, 0.2) is 11.6 Å². The molecule has 1 aliphatic heterocycles. The smallest absolute Gasteiger partial charge is 0.228 e. The van der Waals surface area contributed by atoms with Gasteiger partial charge in [0.25, 0.3) is 0 Å². The fourth-order valence-corrected chi connectivity index (χ4v) is 5.39. The molecule has 6 rings (SSSR count). The van der Waals surface area contributed by atoms with Crippen molar-refractivity contribution >= 4 is 35.0 Å². The predicted octanol–water partition coefficient (Wildman–Crippen LogP) is 3.24. The molecule has 0 saturated carbocycles. The zero-order chi connectivity index (χ0) is 32.6. The Morgan fingerprint density at radius 1 is 1.15 bits per heavy atom. The monoisotopic (exact) mass is 626 g/mol. The number of amides is 1. The first-order valence-electron chi connectivity index (χ1n) is 15.2. The Morgan fingerprint density at radius 2 is 1.91 bits per heavy atom. The Hall–Kier alpha value is -5.08. The number of hydrogen-bond acceptors (Lipinski definition) is 11. The van der Waals surface area contributed by atoms with Crippen molar-refractivity contribution in [2.24, 2.45) is 12.8 Å². The summed E-state index contributed by atoms with van der Waals surface area (Å²) >= 11 is 0. The third-order valence-corrected chi connectivity index (χ3v) is 7.78. The Balaban J connectivity index is 0.00000134. The fourth-order valence-electron chi connectivity index (χ4n) is 5.39. The first kappa shape index (κ1) is 32.3. The number of fused-ring (bicyclic) bond motifs is 1. The van der Waals surface area contributed by atoms with E-state index in [0.29, 0.717) is 17.6 Å². The summed E-state index contributed by atoms with van der Waals surface area (Å²) in [6.07, 6.45) is 8.72. The Bertz CT molecular complexity index is 1730. The van der Waals surface area contributed by atoms with Gasteiger partial charge < -0.3 is 31.0 Å². The van der Waals surface area contributed by atoms with Gasteiger partial charge in [-0.15, -0.1) is 0 Å². The summed E-state index contributed by atoms with van der Waals surface area (Å²) < 4.78 is 8.05. The van der Waals surface area contributed by atoms with Crippen LogP contribution in [0.2, 0.25) is 0 Å². The van der Waals surface area contributed by atoms with Crippen LogP contribution in [-0.2, 0) is 18.4 Å². The predicted molar refractivity (Wildman–Crippen MR) is 179 cm³/mol. The number of benzene rings is 1. The van der Waals surface area contributed by atoms with Gasteiger partial charge in [-0.2, -0.15) is 5.10 Å². The van der Waals surface area contributed by atoms with E-state index in [9.17, 15) is 0 Å². The third kappa shape index (κ3) is 7.95. The number of aromatic amines is 1. The molecule has 5 N–H and O–H groups in total. The number of aromatic nitrogens is 7. The molecule has 242 valence electrons. The van der Waals surface area contributed by atoms with Crippen LogP contribution >= 0.6 is 0 Å². The molecule has 0 spiro atoms. The van der Waals surface area contributed by atoms with E-state index in [4.69, 9.17) is 14.5 Å². The summed E-state index contributed by atoms with van der Waals surface area (Å²) in [4.78, 5) is 34.8. The molecule has 5 aromatic rings. The summed E-state index contributed by atoms with van der Waals surface area (Å²) in [6.45, 7) is 8.41. The molecule has 1 unspecified atom stereocenters. The minimum atomic E-state index is 0.104. The lowest BCUT2D eigenvalue weighted by atomic mass is 10.0. The van der Waals surface area contributed by atoms with Gasteiger partial charge in [-0.3, -0.25) is 14.4 Å². The number of primary amides is 1. The van der Waals surface area contributed by atoms with Gasteiger partial charge >= 0.3 is 0 Å². The van der Waals surface area contributed by atoms with Crippen molar-refractivity contribution in [1.29, 1.82) is 0 Å². The number of carbonyl (C=O) groups excluding carboxylic acids is 1. The van der Waals surface area contributed by atoms with Crippen LogP contribution in [0.5, 0.6) is 5.75 Å². The van der Waals surface area contributed by atoms with E-state index in [1.54, 1.807) is 12.4 Å². The summed E-state index contributed by atoms with van der Waals surface area (Å²) in [5.74, 6) is 2.57. The molecule has 0 bridgehead atoms. The maximum Gasteiger partial charge on any atom is 0.228 e. The lowest BCUT2D eigenvalue weighted by molar-refractivity contribution is -0.106. The highest BCUT2D eigenvalue weighted by Gasteiger charge is 2.25. The number of para-hydroxylation sites is 1. The third-order valence-electron chi connectivity index (χ3n) is 7.78. The van der Waals surface area contributed by atoms with Gasteiger partial charge in [0.05, 0.1) is 23.6 Å². The van der Waals surface area contributed by atoms with Crippen LogP contribution in [0.3, 0.4) is 0 Å². The van der Waals surface area contributed by atoms with E-state index in [2.05, 4.69) is 69.4 Å². The normalized spacial score (nSPS) is 14.7. The second kappa shape index (κ2) is 14.8. The first-order chi connectivity index (χ1) is 22.2. The SMILES string of the molecule is Cc1cnc(Nc2cc(C)n(C)n2)nc1-c1c[nH]c2c(CN3CCC(Oc4cnc(NCCN(C)C)nc4)C3)cccc12.NC=O. The summed E-state index contributed by atoms with van der Waals surface area (Å²) in [6, 6.07) is 8.44. The standard InChI is InChI=1S/C31H39N11O.CH3NO/c1-20-14-34-31(37-27-13-21(2)41(5)39-27)38-28(20)26-17-33-29-22(7-6-8-25(26)29)18-42-11-9-23(19-42)43-24-15-35-30(36-16-24)32-10-12-40(3)4;2-1-3/h6-8,13-17,23,33H,9-12,18-19H2,1-5H3,(H,32,35,36)(H,34,37,38,39);1H,(H2,2,3). The fraction of sp³-hybridized carbons (Fsp3) is 0.375. The number of ether oxygens (including phenoxy) is 1. The van der Waals surface area contributed by atoms with E-state index in [0.717, 1.165) is 78.4 Å². The first-order valence-corrected chi connectivity index (χ1v) is 15.2. The number of likely N-dealkylation sites (N-methyl/N-ethyl adjacent to an activating group) is 1. The molecule has 5 heterocycles. The molecule has 1 amide bonds. The molecule has 1 saturated heterocycles. The maximum absolute atomic E-state index is 8.58. The molecule has 14 heteroatoms. The van der Waals surface area contributed by atoms with Crippen molar-refractivity contribution in [2.75, 3.05) is 50.9 Å². The molecule has 46 heavy (non-hydrogen) atoms. The Labute approximate surface area is 268 Å². The summed E-state index contributed by atoms with van der Waals surface area (Å²) in [7, 11) is 6.00. The number of anilines is 3. The van der Waals surface area contributed by atoms with Crippen LogP contribution in [-0.4, -0.2) is 97.3 Å². The highest BCUT2D eigenvalue weighted by Crippen LogP contribution is 2.32. The van der Waals surface area contributed by atoms with Gasteiger partial charge in [0, 0.05) is 74.9 Å². The van der Waals surface area contributed by atoms with Gasteiger partial charge in [0.1, 0.15) is 6.10 Å². The van der Waals surface area contributed by atoms with Gasteiger partial charge in [0.2, 0.25) is 18.3 Å². The zero-order valence-electron chi connectivity index (χ0n) is 27.0. The second-order valence-electron chi connectivity index (χ2n) is 11.6. The van der Waals surface area contributed by atoms with E-state index in [1.165, 1.54) is 5.56 Å². The molecule has 1 fully saturated rings. The van der Waals surface area contributed by atoms with E-state index >= 15 is 0 Å². The molecular weight excluding hydrogens is 584 g/mol. The van der Waals surface area contributed by atoms with Crippen LogP contribution in [0.15, 0.2) is 49.1 Å². The number of nitrogens with two attached hydrogens (primary N) is 1. The number of likely N-dealkylation sites (tertiary alicyclic amines) is 1. The van der Waals surface area contributed by atoms with Gasteiger partial charge in [-0.25, -0.2) is 19.9 Å². The quantitative estimate of drug-likeness (QED) is 0.159. The lowest BCUT2D eigenvalue weighted by Gasteiger charge is -2.17. The summed E-state index contributed by atoms with van der Waals surface area (Å²) in [5, 5.41) is 12.1. The number of nitrogens with one attached hydrogen (secondary N) is 3. The number of H-pyrrole nitrogens is 1. The van der Waals surface area contributed by atoms with Crippen molar-refractivity contribution in [3.63, 3.8) is 0 Å². The Morgan fingerprint density at radius 3 is 2.63 bits per heavy atom. The highest BCUT2D eigenvalue weighted by molar-refractivity contribution is 5.97. The van der Waals surface area contributed by atoms with Gasteiger partial charge in [-0.05, 0) is 45.5 Å². The largest absolute Gasteiger partial charge is 0.486 e. The minimum absolute atomic E-state index is 0.104. The zero-order valence-corrected chi connectivity index (χ0v) is 27.0. The van der Waals surface area contributed by atoms with Gasteiger partial charge in [-0.1, -0.05) is 18.2 Å². The number of nitrogens with zero attached hydrogens (tertiary/aromatic N) is 8. The molecule has 1 atom stereocenters. The van der Waals surface area contributed by atoms with Crippen LogP contribution in [0, 0.1) is 13.8 Å². The number of carbonyl (C=O) groups is 1. The maximum atomic E-state index is 8.58. The number of hydrogen-bond donors (Lipinski definition) is 4. The molecule has 14 nitrogen and oxygen atoms in total. The topological polar surface area (TPSA) is 168 Å². The van der Waals surface area contributed by atoms with Crippen molar-refractivity contribution < 1.29 is 9.53 Å². The molecule has 1 aromatic carbocycles. The van der Waals surface area contributed by atoms with Crippen molar-refractivity contribution in [2.45, 2.75) is 32.9 Å². The Kier molecular flexibility index (Phi) is 10.4. The molecule has 0 aliphatic carbocycles. The minimum Gasteiger partial charge on any atom is -0.486 e. The van der Waals surface area contributed by atoms with Crippen molar-refractivity contribution in [3.8, 4) is 17.0 Å². The average Bonchev–Trinajstić information content (AvgIpc) is 3.74. The summed E-state index contributed by atoms with van der Waals surface area (Å²) in [5.41, 5.74) is 10.6. The van der Waals surface area contributed by atoms with Crippen LogP contribution in [0.1, 0.15) is 23.2 Å². The van der Waals surface area contributed by atoms with Crippen LogP contribution in [0.25, 0.3) is 22.2 Å². The van der Waals surface area contributed by atoms with Crippen molar-refractivity contribution in [3.05, 3.63) is 65.9 Å². The van der Waals surface area contributed by atoms with E-state index < -0.39 is 0 Å². The average molecular weight is 627 g/mol. The van der Waals surface area contributed by atoms with E-state index in [-0.39, 0.29) is 12.5 Å². The van der Waals surface area contributed by atoms with Crippen LogP contribution in [0.4, 0.5) is 17.7 Å². The number of rotatable bonds is 11. The molecule has 0 radical (unpaired) electrons. The van der Waals surface area contributed by atoms with Crippen molar-refractivity contribution in [1.82, 2.24) is 44.5 Å². The lowest BCUT2D eigenvalue weighted by Crippen LogP contribution is -2.25. The van der Waals surface area contributed by atoms with Crippen LogP contribution < -0.4 is 21.1 Å². The van der Waals surface area contributed by atoms with E-state index in [1.807, 2.05) is 58.1 Å².